The van der Waals surface area contributed by atoms with E-state index >= 15 is 0 Å². The number of carbonyl (C=O) groups excluding carboxylic acids is 1. The minimum atomic E-state index is -1.03. The number of urea groups is 1. The van der Waals surface area contributed by atoms with Gasteiger partial charge in [0.1, 0.15) is 6.04 Å². The van der Waals surface area contributed by atoms with Crippen LogP contribution in [-0.4, -0.2) is 59.2 Å². The molecule has 0 radical (unpaired) electrons. The Morgan fingerprint density at radius 1 is 1.07 bits per heavy atom. The second-order valence-corrected chi connectivity index (χ2v) is 7.11. The lowest BCUT2D eigenvalue weighted by Gasteiger charge is -2.36. The highest BCUT2D eigenvalue weighted by Gasteiger charge is 2.26. The fraction of sp³-hybridized carbons (Fsp3) is 0.381. The lowest BCUT2D eigenvalue weighted by molar-refractivity contribution is -0.139. The van der Waals surface area contributed by atoms with Crippen LogP contribution < -0.4 is 10.2 Å². The average molecular weight is 382 g/mol. The SMILES string of the molecule is Cc1cc(N2CCN(C(=O)N[C@@H](Cc3ccccc3)C(=O)O)CC2)cc(C)n1. The lowest BCUT2D eigenvalue weighted by Crippen LogP contribution is -2.55. The van der Waals surface area contributed by atoms with Crippen molar-refractivity contribution in [3.8, 4) is 0 Å². The number of pyridine rings is 1. The summed E-state index contributed by atoms with van der Waals surface area (Å²) in [5.74, 6) is -1.03. The highest BCUT2D eigenvalue weighted by atomic mass is 16.4. The van der Waals surface area contributed by atoms with E-state index in [2.05, 4.69) is 15.2 Å². The number of nitrogens with zero attached hydrogens (tertiary/aromatic N) is 3. The van der Waals surface area contributed by atoms with Crippen molar-refractivity contribution < 1.29 is 14.7 Å². The molecule has 2 aromatic rings. The summed E-state index contributed by atoms with van der Waals surface area (Å²) in [7, 11) is 0. The molecule has 0 bridgehead atoms. The van der Waals surface area contributed by atoms with Crippen LogP contribution >= 0.6 is 0 Å². The predicted octanol–water partition coefficient (Wildman–Crippen LogP) is 2.23. The number of aryl methyl sites for hydroxylation is 2. The van der Waals surface area contributed by atoms with Gasteiger partial charge in [0, 0.05) is 49.7 Å². The molecule has 0 unspecified atom stereocenters. The first-order valence-electron chi connectivity index (χ1n) is 9.45. The molecule has 1 aliphatic rings. The van der Waals surface area contributed by atoms with Gasteiger partial charge in [0.05, 0.1) is 0 Å². The molecule has 148 valence electrons. The molecule has 1 aromatic heterocycles. The molecule has 28 heavy (non-hydrogen) atoms. The number of piperazine rings is 1. The van der Waals surface area contributed by atoms with Crippen LogP contribution in [0.4, 0.5) is 10.5 Å². The maximum absolute atomic E-state index is 12.6. The van der Waals surface area contributed by atoms with Crippen LogP contribution in [-0.2, 0) is 11.2 Å². The zero-order valence-corrected chi connectivity index (χ0v) is 16.3. The van der Waals surface area contributed by atoms with Crippen molar-refractivity contribution in [2.45, 2.75) is 26.3 Å². The van der Waals surface area contributed by atoms with Crippen LogP contribution in [0.5, 0.6) is 0 Å². The molecule has 2 amide bonds. The second kappa shape index (κ2) is 8.73. The third-order valence-electron chi connectivity index (χ3n) is 4.88. The van der Waals surface area contributed by atoms with E-state index in [0.29, 0.717) is 26.2 Å². The van der Waals surface area contributed by atoms with Gasteiger partial charge in [-0.05, 0) is 31.5 Å². The minimum absolute atomic E-state index is 0.261. The topological polar surface area (TPSA) is 85.8 Å². The number of anilines is 1. The first kappa shape index (κ1) is 19.7. The summed E-state index contributed by atoms with van der Waals surface area (Å²) in [4.78, 5) is 32.5. The molecule has 0 aliphatic carbocycles. The smallest absolute Gasteiger partial charge is 0.326 e. The quantitative estimate of drug-likeness (QED) is 0.828. The van der Waals surface area contributed by atoms with Crippen LogP contribution in [0.1, 0.15) is 17.0 Å². The second-order valence-electron chi connectivity index (χ2n) is 7.11. The number of carboxylic acids is 1. The number of amides is 2. The molecule has 1 fully saturated rings. The first-order valence-corrected chi connectivity index (χ1v) is 9.45. The summed E-state index contributed by atoms with van der Waals surface area (Å²) in [6, 6.07) is 12.1. The Bertz CT molecular complexity index is 813. The number of carboxylic acid groups (broad SMARTS) is 1. The average Bonchev–Trinajstić information content (AvgIpc) is 2.67. The van der Waals surface area contributed by atoms with Crippen molar-refractivity contribution in [3.05, 3.63) is 59.4 Å². The van der Waals surface area contributed by atoms with E-state index in [9.17, 15) is 14.7 Å². The van der Waals surface area contributed by atoms with Gasteiger partial charge in [-0.25, -0.2) is 9.59 Å². The molecule has 7 nitrogen and oxygen atoms in total. The molecule has 1 aromatic carbocycles. The van der Waals surface area contributed by atoms with Crippen LogP contribution in [0.3, 0.4) is 0 Å². The van der Waals surface area contributed by atoms with Crippen molar-refractivity contribution in [2.24, 2.45) is 0 Å². The molecule has 1 saturated heterocycles. The van der Waals surface area contributed by atoms with E-state index in [-0.39, 0.29) is 12.5 Å². The molecule has 7 heteroatoms. The molecular weight excluding hydrogens is 356 g/mol. The molecule has 1 atom stereocenters. The maximum Gasteiger partial charge on any atom is 0.326 e. The fourth-order valence-corrected chi connectivity index (χ4v) is 3.45. The van der Waals surface area contributed by atoms with Gasteiger partial charge in [0.25, 0.3) is 0 Å². The minimum Gasteiger partial charge on any atom is -0.480 e. The molecule has 3 rings (SSSR count). The summed E-state index contributed by atoms with van der Waals surface area (Å²) in [6.45, 7) is 6.44. The van der Waals surface area contributed by atoms with Crippen molar-refractivity contribution in [2.75, 3.05) is 31.1 Å². The summed E-state index contributed by atoms with van der Waals surface area (Å²) in [6.07, 6.45) is 0.261. The van der Waals surface area contributed by atoms with Gasteiger partial charge in [0.15, 0.2) is 0 Å². The van der Waals surface area contributed by atoms with E-state index in [1.54, 1.807) is 4.90 Å². The van der Waals surface area contributed by atoms with Crippen LogP contribution in [0.15, 0.2) is 42.5 Å². The van der Waals surface area contributed by atoms with E-state index in [1.165, 1.54) is 0 Å². The third kappa shape index (κ3) is 5.00. The number of carbonyl (C=O) groups is 2. The highest BCUT2D eigenvalue weighted by molar-refractivity contribution is 5.83. The van der Waals surface area contributed by atoms with Gasteiger partial charge in [-0.1, -0.05) is 30.3 Å². The molecular formula is C21H26N4O3. The van der Waals surface area contributed by atoms with E-state index in [1.807, 2.05) is 56.3 Å². The van der Waals surface area contributed by atoms with E-state index < -0.39 is 12.0 Å². The zero-order chi connectivity index (χ0) is 20.1. The largest absolute Gasteiger partial charge is 0.480 e. The van der Waals surface area contributed by atoms with Gasteiger partial charge in [-0.15, -0.1) is 0 Å². The van der Waals surface area contributed by atoms with Crippen LogP contribution in [0, 0.1) is 13.8 Å². The summed E-state index contributed by atoms with van der Waals surface area (Å²) >= 11 is 0. The standard InChI is InChI=1S/C21H26N4O3/c1-15-12-18(13-16(2)22-15)24-8-10-25(11-9-24)21(28)23-19(20(26)27)14-17-6-4-3-5-7-17/h3-7,12-13,19H,8-11,14H2,1-2H3,(H,23,28)(H,26,27)/t19-/m0/s1. The monoisotopic (exact) mass is 382 g/mol. The van der Waals surface area contributed by atoms with E-state index in [4.69, 9.17) is 0 Å². The zero-order valence-electron chi connectivity index (χ0n) is 16.3. The van der Waals surface area contributed by atoms with Crippen LogP contribution in [0.2, 0.25) is 0 Å². The molecule has 0 saturated carbocycles. The predicted molar refractivity (Wildman–Crippen MR) is 108 cm³/mol. The van der Waals surface area contributed by atoms with Crippen molar-refractivity contribution >= 4 is 17.7 Å². The van der Waals surface area contributed by atoms with Gasteiger partial charge in [-0.2, -0.15) is 0 Å². The summed E-state index contributed by atoms with van der Waals surface area (Å²) in [5.41, 5.74) is 3.93. The van der Waals surface area contributed by atoms with Gasteiger partial charge in [-0.3, -0.25) is 4.98 Å². The molecule has 2 heterocycles. The summed E-state index contributed by atoms with van der Waals surface area (Å²) < 4.78 is 0. The van der Waals surface area contributed by atoms with Crippen molar-refractivity contribution in [1.82, 2.24) is 15.2 Å². The summed E-state index contributed by atoms with van der Waals surface area (Å²) in [5, 5.41) is 12.1. The van der Waals surface area contributed by atoms with Crippen LogP contribution in [0.25, 0.3) is 0 Å². The van der Waals surface area contributed by atoms with Gasteiger partial charge >= 0.3 is 12.0 Å². The molecule has 1 aliphatic heterocycles. The van der Waals surface area contributed by atoms with E-state index in [0.717, 1.165) is 22.6 Å². The number of nitrogens with one attached hydrogen (secondary N) is 1. The Labute approximate surface area is 165 Å². The number of hydrogen-bond acceptors (Lipinski definition) is 4. The number of aliphatic carboxylic acids is 1. The Hall–Kier alpha value is -3.09. The Kier molecular flexibility index (Phi) is 6.13. The molecule has 0 spiro atoms. The number of benzene rings is 1. The van der Waals surface area contributed by atoms with Gasteiger partial charge in [0.2, 0.25) is 0 Å². The number of rotatable bonds is 5. The van der Waals surface area contributed by atoms with Crippen molar-refractivity contribution in [3.63, 3.8) is 0 Å². The normalized spacial score (nSPS) is 15.2. The molecule has 2 N–H and O–H groups in total. The Balaban J connectivity index is 1.57. The number of aromatic nitrogens is 1. The Morgan fingerprint density at radius 2 is 1.68 bits per heavy atom. The Morgan fingerprint density at radius 3 is 2.25 bits per heavy atom. The maximum atomic E-state index is 12.6. The number of hydrogen-bond donors (Lipinski definition) is 2. The lowest BCUT2D eigenvalue weighted by atomic mass is 10.1. The highest BCUT2D eigenvalue weighted by Crippen LogP contribution is 2.18. The van der Waals surface area contributed by atoms with Crippen molar-refractivity contribution in [1.29, 1.82) is 0 Å². The van der Waals surface area contributed by atoms with Gasteiger partial charge < -0.3 is 20.2 Å². The first-order chi connectivity index (χ1) is 13.4. The third-order valence-corrected chi connectivity index (χ3v) is 4.88. The fourth-order valence-electron chi connectivity index (χ4n) is 3.45.